The summed E-state index contributed by atoms with van der Waals surface area (Å²) in [6, 6.07) is 3.16. The molecule has 0 bridgehead atoms. The number of hydrogen-bond donors (Lipinski definition) is 1. The molecule has 1 aliphatic heterocycles. The Morgan fingerprint density at radius 2 is 2.08 bits per heavy atom. The fourth-order valence-electron chi connectivity index (χ4n) is 2.22. The Kier molecular flexibility index (Phi) is 7.10. The molecule has 1 amide bonds. The highest BCUT2D eigenvalue weighted by Crippen LogP contribution is 2.28. The predicted molar refractivity (Wildman–Crippen MR) is 99.2 cm³/mol. The Hall–Kier alpha value is -0.620. The van der Waals surface area contributed by atoms with Crippen LogP contribution >= 0.6 is 34.2 Å². The minimum Gasteiger partial charge on any atom is -0.496 e. The van der Waals surface area contributed by atoms with E-state index in [9.17, 15) is 13.2 Å². The molecule has 0 aliphatic carbocycles. The van der Waals surface area contributed by atoms with E-state index in [1.807, 2.05) is 22.6 Å². The number of hydrogen-bond acceptors (Lipinski definition) is 5. The van der Waals surface area contributed by atoms with Gasteiger partial charge in [-0.15, -0.1) is 0 Å². The van der Waals surface area contributed by atoms with Crippen molar-refractivity contribution in [2.45, 2.75) is 0 Å². The van der Waals surface area contributed by atoms with Gasteiger partial charge in [-0.05, 0) is 34.7 Å². The first-order valence-electron chi connectivity index (χ1n) is 7.22. The molecule has 2 rings (SSSR count). The van der Waals surface area contributed by atoms with E-state index in [4.69, 9.17) is 21.1 Å². The summed E-state index contributed by atoms with van der Waals surface area (Å²) >= 11 is 8.08. The molecule has 7 nitrogen and oxygen atoms in total. The van der Waals surface area contributed by atoms with E-state index in [2.05, 4.69) is 5.32 Å². The Morgan fingerprint density at radius 1 is 1.42 bits per heavy atom. The normalized spacial score (nSPS) is 16.0. The number of ether oxygens (including phenoxy) is 2. The van der Waals surface area contributed by atoms with Gasteiger partial charge in [0.25, 0.3) is 5.91 Å². The third-order valence-electron chi connectivity index (χ3n) is 3.50. The van der Waals surface area contributed by atoms with Crippen molar-refractivity contribution in [3.8, 4) is 5.75 Å². The number of carbonyl (C=O) groups is 1. The third kappa shape index (κ3) is 4.94. The number of methoxy groups -OCH3 is 1. The molecule has 0 radical (unpaired) electrons. The second kappa shape index (κ2) is 8.65. The zero-order valence-electron chi connectivity index (χ0n) is 13.0. The molecule has 134 valence electrons. The summed E-state index contributed by atoms with van der Waals surface area (Å²) in [4.78, 5) is 12.3. The van der Waals surface area contributed by atoms with Gasteiger partial charge in [0.1, 0.15) is 5.75 Å². The maximum absolute atomic E-state index is 12.3. The third-order valence-corrected chi connectivity index (χ3v) is 6.89. The smallest absolute Gasteiger partial charge is 0.255 e. The molecular formula is C14H18ClIN2O5S. The van der Waals surface area contributed by atoms with E-state index >= 15 is 0 Å². The highest BCUT2D eigenvalue weighted by Gasteiger charge is 2.24. The number of nitrogens with one attached hydrogen (secondary N) is 1. The van der Waals surface area contributed by atoms with Crippen molar-refractivity contribution in [3.05, 3.63) is 26.3 Å². The van der Waals surface area contributed by atoms with E-state index in [-0.39, 0.29) is 17.9 Å². The number of carbonyl (C=O) groups excluding carboxylic acids is 1. The zero-order valence-corrected chi connectivity index (χ0v) is 16.8. The fraction of sp³-hybridized carbons (Fsp3) is 0.500. The first kappa shape index (κ1) is 19.7. The van der Waals surface area contributed by atoms with Crippen molar-refractivity contribution in [2.75, 3.05) is 45.7 Å². The predicted octanol–water partition coefficient (Wildman–Crippen LogP) is 1.35. The Balaban J connectivity index is 1.97. The lowest BCUT2D eigenvalue weighted by Gasteiger charge is -2.26. The lowest BCUT2D eigenvalue weighted by molar-refractivity contribution is 0.0730. The van der Waals surface area contributed by atoms with Crippen LogP contribution in [0.3, 0.4) is 0 Å². The topological polar surface area (TPSA) is 84.9 Å². The standard InChI is InChI=1S/C14H18ClIN2O5S/c1-22-13-9-12(16)11(15)8-10(13)14(19)17-2-7-24(20,21)18-3-5-23-6-4-18/h8-9H,2-7H2,1H3,(H,17,19). The molecule has 1 fully saturated rings. The van der Waals surface area contributed by atoms with E-state index in [1.54, 1.807) is 6.07 Å². The Labute approximate surface area is 159 Å². The molecule has 0 spiro atoms. The monoisotopic (exact) mass is 488 g/mol. The van der Waals surface area contributed by atoms with Crippen LogP contribution in [-0.4, -0.2) is 64.3 Å². The highest BCUT2D eigenvalue weighted by molar-refractivity contribution is 14.1. The van der Waals surface area contributed by atoms with Gasteiger partial charge >= 0.3 is 0 Å². The molecule has 1 aromatic carbocycles. The van der Waals surface area contributed by atoms with Crippen molar-refractivity contribution in [2.24, 2.45) is 0 Å². The van der Waals surface area contributed by atoms with Crippen molar-refractivity contribution >= 4 is 50.1 Å². The summed E-state index contributed by atoms with van der Waals surface area (Å²) in [6.07, 6.45) is 0. The van der Waals surface area contributed by atoms with Crippen LogP contribution in [0.2, 0.25) is 5.02 Å². The Morgan fingerprint density at radius 3 is 2.71 bits per heavy atom. The number of amides is 1. The summed E-state index contributed by atoms with van der Waals surface area (Å²) in [5, 5.41) is 3.03. The minimum atomic E-state index is -3.41. The number of halogens is 2. The van der Waals surface area contributed by atoms with Crippen LogP contribution in [0.4, 0.5) is 0 Å². The summed E-state index contributed by atoms with van der Waals surface area (Å²) < 4.78 is 36.9. The van der Waals surface area contributed by atoms with Crippen LogP contribution in [-0.2, 0) is 14.8 Å². The lowest BCUT2D eigenvalue weighted by atomic mass is 10.2. The molecule has 1 heterocycles. The van der Waals surface area contributed by atoms with Crippen LogP contribution in [0, 0.1) is 3.57 Å². The van der Waals surface area contributed by atoms with Gasteiger partial charge in [0, 0.05) is 23.2 Å². The second-order valence-corrected chi connectivity index (χ2v) is 8.71. The van der Waals surface area contributed by atoms with Crippen molar-refractivity contribution in [1.82, 2.24) is 9.62 Å². The average Bonchev–Trinajstić information content (AvgIpc) is 2.57. The maximum Gasteiger partial charge on any atom is 0.255 e. The quantitative estimate of drug-likeness (QED) is 0.611. The van der Waals surface area contributed by atoms with Crippen LogP contribution in [0.5, 0.6) is 5.75 Å². The molecule has 1 aliphatic rings. The summed E-state index contributed by atoms with van der Waals surface area (Å²) in [6.45, 7) is 1.48. The first-order chi connectivity index (χ1) is 11.3. The molecule has 0 atom stereocenters. The molecule has 1 saturated heterocycles. The SMILES string of the molecule is COc1cc(I)c(Cl)cc1C(=O)NCCS(=O)(=O)N1CCOCC1. The van der Waals surface area contributed by atoms with E-state index in [0.29, 0.717) is 37.1 Å². The van der Waals surface area contributed by atoms with Crippen molar-refractivity contribution in [3.63, 3.8) is 0 Å². The number of morpholine rings is 1. The van der Waals surface area contributed by atoms with Crippen LogP contribution in [0.15, 0.2) is 12.1 Å². The molecule has 24 heavy (non-hydrogen) atoms. The van der Waals surface area contributed by atoms with Crippen molar-refractivity contribution < 1.29 is 22.7 Å². The molecule has 1 N–H and O–H groups in total. The molecular weight excluding hydrogens is 471 g/mol. The van der Waals surface area contributed by atoms with Crippen LogP contribution in [0.25, 0.3) is 0 Å². The van der Waals surface area contributed by atoms with Gasteiger partial charge in [-0.3, -0.25) is 4.79 Å². The molecule has 0 unspecified atom stereocenters. The fourth-order valence-corrected chi connectivity index (χ4v) is 4.14. The molecule has 0 aromatic heterocycles. The molecule has 10 heteroatoms. The average molecular weight is 489 g/mol. The zero-order chi connectivity index (χ0) is 17.7. The van der Waals surface area contributed by atoms with Gasteiger partial charge in [0.2, 0.25) is 10.0 Å². The van der Waals surface area contributed by atoms with Crippen LogP contribution in [0.1, 0.15) is 10.4 Å². The Bertz CT molecular complexity index is 707. The summed E-state index contributed by atoms with van der Waals surface area (Å²) in [5.74, 6) is -0.209. The van der Waals surface area contributed by atoms with Gasteiger partial charge in [0.15, 0.2) is 0 Å². The van der Waals surface area contributed by atoms with Gasteiger partial charge in [0.05, 0.1) is 36.7 Å². The summed E-state index contributed by atoms with van der Waals surface area (Å²) in [7, 11) is -1.95. The number of sulfonamides is 1. The molecule has 0 saturated carbocycles. The molecule has 1 aromatic rings. The number of benzene rings is 1. The van der Waals surface area contributed by atoms with Gasteiger partial charge < -0.3 is 14.8 Å². The lowest BCUT2D eigenvalue weighted by Crippen LogP contribution is -2.43. The van der Waals surface area contributed by atoms with Gasteiger partial charge in [-0.25, -0.2) is 8.42 Å². The second-order valence-electron chi connectivity index (χ2n) is 5.05. The summed E-state index contributed by atoms with van der Waals surface area (Å²) in [5.41, 5.74) is 0.270. The van der Waals surface area contributed by atoms with E-state index in [1.165, 1.54) is 17.5 Å². The van der Waals surface area contributed by atoms with E-state index in [0.717, 1.165) is 3.57 Å². The first-order valence-corrected chi connectivity index (χ1v) is 10.3. The van der Waals surface area contributed by atoms with Crippen LogP contribution < -0.4 is 10.1 Å². The number of nitrogens with zero attached hydrogens (tertiary/aromatic N) is 1. The largest absolute Gasteiger partial charge is 0.496 e. The van der Waals surface area contributed by atoms with Crippen molar-refractivity contribution in [1.29, 1.82) is 0 Å². The maximum atomic E-state index is 12.3. The van der Waals surface area contributed by atoms with E-state index < -0.39 is 15.9 Å². The number of rotatable bonds is 6. The van der Waals surface area contributed by atoms with Gasteiger partial charge in [-0.1, -0.05) is 11.6 Å². The van der Waals surface area contributed by atoms with Gasteiger partial charge in [-0.2, -0.15) is 4.31 Å². The highest BCUT2D eigenvalue weighted by atomic mass is 127. The minimum absolute atomic E-state index is 0.00524.